The Bertz CT molecular complexity index is 1130. The highest BCUT2D eigenvalue weighted by Gasteiger charge is 2.53. The first-order valence-electron chi connectivity index (χ1n) is 10.6. The predicted molar refractivity (Wildman–Crippen MR) is 116 cm³/mol. The molecule has 32 heavy (non-hydrogen) atoms. The molecule has 3 aliphatic rings. The molecule has 0 saturated carbocycles. The lowest BCUT2D eigenvalue weighted by molar-refractivity contribution is -0.384. The number of methoxy groups -OCH3 is 1. The zero-order chi connectivity index (χ0) is 22.5. The van der Waals surface area contributed by atoms with Crippen LogP contribution < -0.4 is 9.47 Å². The summed E-state index contributed by atoms with van der Waals surface area (Å²) in [6.07, 6.45) is 4.77. The molecule has 1 spiro atoms. The van der Waals surface area contributed by atoms with E-state index in [1.807, 2.05) is 12.1 Å². The zero-order valence-corrected chi connectivity index (χ0v) is 17.9. The van der Waals surface area contributed by atoms with E-state index < -0.39 is 17.0 Å². The Hall–Kier alpha value is -3.39. The summed E-state index contributed by atoms with van der Waals surface area (Å²) < 4.78 is 17.7. The van der Waals surface area contributed by atoms with Gasteiger partial charge in [-0.3, -0.25) is 10.1 Å². The van der Waals surface area contributed by atoms with Gasteiger partial charge in [0.2, 0.25) is 0 Å². The van der Waals surface area contributed by atoms with Crippen LogP contribution in [0.2, 0.25) is 0 Å². The number of hydrogen-bond acceptors (Lipinski definition) is 7. The molecule has 5 rings (SSSR count). The second-order valence-electron chi connectivity index (χ2n) is 8.61. The van der Waals surface area contributed by atoms with Crippen LogP contribution in [0.25, 0.3) is 0 Å². The SMILES string of the molecule is COc1ccc2c3c1OC1C[C@@H](OC(=O)c4cccc([N+](=O)[O-])c4)C=C[C@@]31CCN(C)C2. The molecule has 8 nitrogen and oxygen atoms in total. The van der Waals surface area contributed by atoms with E-state index >= 15 is 0 Å². The topological polar surface area (TPSA) is 91.1 Å². The molecule has 0 saturated heterocycles. The van der Waals surface area contributed by atoms with Crippen molar-refractivity contribution in [2.24, 2.45) is 0 Å². The van der Waals surface area contributed by atoms with Crippen molar-refractivity contribution in [3.63, 3.8) is 0 Å². The summed E-state index contributed by atoms with van der Waals surface area (Å²) in [6, 6.07) is 9.63. The van der Waals surface area contributed by atoms with Gasteiger partial charge in [0.05, 0.1) is 23.0 Å². The number of carbonyl (C=O) groups is 1. The van der Waals surface area contributed by atoms with Gasteiger partial charge in [-0.25, -0.2) is 4.79 Å². The third-order valence-electron chi connectivity index (χ3n) is 6.68. The summed E-state index contributed by atoms with van der Waals surface area (Å²) in [6.45, 7) is 1.75. The van der Waals surface area contributed by atoms with Gasteiger partial charge in [-0.2, -0.15) is 0 Å². The summed E-state index contributed by atoms with van der Waals surface area (Å²) in [5.41, 5.74) is 2.11. The van der Waals surface area contributed by atoms with Crippen LogP contribution in [0.5, 0.6) is 11.5 Å². The lowest BCUT2D eigenvalue weighted by Crippen LogP contribution is -2.43. The molecule has 2 heterocycles. The Kier molecular flexibility index (Phi) is 4.89. The van der Waals surface area contributed by atoms with E-state index in [9.17, 15) is 14.9 Å². The molecule has 2 aliphatic heterocycles. The Morgan fingerprint density at radius 3 is 2.94 bits per heavy atom. The van der Waals surface area contributed by atoms with E-state index in [1.165, 1.54) is 35.4 Å². The zero-order valence-electron chi connectivity index (χ0n) is 17.9. The van der Waals surface area contributed by atoms with Gasteiger partial charge in [0.1, 0.15) is 12.2 Å². The average Bonchev–Trinajstić information content (AvgIpc) is 3.05. The van der Waals surface area contributed by atoms with Gasteiger partial charge in [-0.1, -0.05) is 18.2 Å². The van der Waals surface area contributed by atoms with Crippen LogP contribution in [0.3, 0.4) is 0 Å². The molecule has 0 aromatic heterocycles. The van der Waals surface area contributed by atoms with Gasteiger partial charge in [0, 0.05) is 30.7 Å². The number of ether oxygens (including phenoxy) is 3. The van der Waals surface area contributed by atoms with Crippen molar-refractivity contribution < 1.29 is 23.9 Å². The van der Waals surface area contributed by atoms with E-state index in [2.05, 4.69) is 24.1 Å². The lowest BCUT2D eigenvalue weighted by Gasteiger charge is -2.36. The van der Waals surface area contributed by atoms with Crippen LogP contribution in [0.4, 0.5) is 5.69 Å². The van der Waals surface area contributed by atoms with E-state index in [0.29, 0.717) is 12.2 Å². The molecule has 2 aromatic rings. The van der Waals surface area contributed by atoms with Crippen molar-refractivity contribution in [1.29, 1.82) is 0 Å². The number of benzene rings is 2. The van der Waals surface area contributed by atoms with Crippen LogP contribution >= 0.6 is 0 Å². The third-order valence-corrected chi connectivity index (χ3v) is 6.68. The number of nitro groups is 1. The lowest BCUT2D eigenvalue weighted by atomic mass is 9.69. The van der Waals surface area contributed by atoms with Gasteiger partial charge in [-0.15, -0.1) is 0 Å². The molecule has 166 valence electrons. The third kappa shape index (κ3) is 3.22. The van der Waals surface area contributed by atoms with Gasteiger partial charge >= 0.3 is 5.97 Å². The first-order chi connectivity index (χ1) is 15.4. The van der Waals surface area contributed by atoms with Crippen molar-refractivity contribution in [1.82, 2.24) is 4.90 Å². The van der Waals surface area contributed by atoms with E-state index in [-0.39, 0.29) is 22.8 Å². The maximum Gasteiger partial charge on any atom is 0.338 e. The number of nitro benzene ring substituents is 1. The minimum absolute atomic E-state index is 0.144. The number of non-ortho nitro benzene ring substituents is 1. The van der Waals surface area contributed by atoms with Gasteiger partial charge in [0.25, 0.3) is 5.69 Å². The largest absolute Gasteiger partial charge is 0.493 e. The maximum absolute atomic E-state index is 12.7. The van der Waals surface area contributed by atoms with Crippen LogP contribution in [-0.4, -0.2) is 48.7 Å². The number of hydrogen-bond donors (Lipinski definition) is 0. The Labute approximate surface area is 185 Å². The molecule has 0 bridgehead atoms. The summed E-state index contributed by atoms with van der Waals surface area (Å²) >= 11 is 0. The first-order valence-corrected chi connectivity index (χ1v) is 10.6. The predicted octanol–water partition coefficient (Wildman–Crippen LogP) is 3.62. The van der Waals surface area contributed by atoms with Gasteiger partial charge in [0.15, 0.2) is 11.5 Å². The van der Waals surface area contributed by atoms with Crippen LogP contribution in [0, 0.1) is 10.1 Å². The molecule has 1 aliphatic carbocycles. The van der Waals surface area contributed by atoms with Crippen LogP contribution in [0.1, 0.15) is 34.3 Å². The van der Waals surface area contributed by atoms with Crippen molar-refractivity contribution in [2.75, 3.05) is 20.7 Å². The highest BCUT2D eigenvalue weighted by atomic mass is 16.6. The minimum atomic E-state index is -0.589. The maximum atomic E-state index is 12.7. The second kappa shape index (κ2) is 7.63. The Morgan fingerprint density at radius 1 is 1.31 bits per heavy atom. The Balaban J connectivity index is 1.44. The highest BCUT2D eigenvalue weighted by molar-refractivity contribution is 5.90. The molecule has 0 N–H and O–H groups in total. The molecule has 2 aromatic carbocycles. The first kappa shape index (κ1) is 20.5. The summed E-state index contributed by atoms with van der Waals surface area (Å²) in [5, 5.41) is 11.0. The number of carbonyl (C=O) groups excluding carboxylic acids is 1. The fraction of sp³-hybridized carbons (Fsp3) is 0.375. The molecular weight excluding hydrogens is 412 g/mol. The average molecular weight is 436 g/mol. The van der Waals surface area contributed by atoms with Crippen molar-refractivity contribution in [2.45, 2.75) is 37.0 Å². The van der Waals surface area contributed by atoms with E-state index in [4.69, 9.17) is 14.2 Å². The number of esters is 1. The second-order valence-corrected chi connectivity index (χ2v) is 8.61. The standard InChI is InChI=1S/C24H24N2O6/c1-25-11-10-24-9-8-18(31-23(27)15-4-3-5-17(12-15)26(28)29)13-20(24)32-22-19(30-2)7-6-16(14-25)21(22)24/h3-9,12,18,20H,10-11,13-14H2,1-2H3/t18-,20?,24-/m0/s1. The molecule has 1 unspecified atom stereocenters. The number of nitrogens with zero attached hydrogens (tertiary/aromatic N) is 2. The van der Waals surface area contributed by atoms with Crippen LogP contribution in [0.15, 0.2) is 48.6 Å². The molecule has 8 heteroatoms. The van der Waals surface area contributed by atoms with Crippen molar-refractivity contribution in [3.8, 4) is 11.5 Å². The normalized spacial score (nSPS) is 25.8. The van der Waals surface area contributed by atoms with Gasteiger partial charge < -0.3 is 19.1 Å². The summed E-state index contributed by atoms with van der Waals surface area (Å²) in [7, 11) is 3.75. The summed E-state index contributed by atoms with van der Waals surface area (Å²) in [4.78, 5) is 25.5. The summed E-state index contributed by atoms with van der Waals surface area (Å²) in [5.74, 6) is 0.898. The smallest absolute Gasteiger partial charge is 0.338 e. The monoisotopic (exact) mass is 436 g/mol. The molecule has 3 atom stereocenters. The Morgan fingerprint density at radius 2 is 2.16 bits per heavy atom. The fourth-order valence-corrected chi connectivity index (χ4v) is 5.10. The quantitative estimate of drug-likeness (QED) is 0.313. The number of rotatable bonds is 4. The van der Waals surface area contributed by atoms with E-state index in [0.717, 1.165) is 25.3 Å². The van der Waals surface area contributed by atoms with E-state index in [1.54, 1.807) is 7.11 Å². The molecular formula is C24H24N2O6. The molecule has 0 radical (unpaired) electrons. The van der Waals surface area contributed by atoms with Crippen LogP contribution in [-0.2, 0) is 16.7 Å². The molecule has 0 amide bonds. The highest BCUT2D eigenvalue weighted by Crippen LogP contribution is 2.55. The van der Waals surface area contributed by atoms with Gasteiger partial charge in [-0.05, 0) is 43.8 Å². The minimum Gasteiger partial charge on any atom is -0.493 e. The molecule has 0 fully saturated rings. The fourth-order valence-electron chi connectivity index (χ4n) is 5.10. The van der Waals surface area contributed by atoms with Crippen molar-refractivity contribution in [3.05, 3.63) is 75.4 Å². The van der Waals surface area contributed by atoms with Crippen molar-refractivity contribution >= 4 is 11.7 Å².